The predicted octanol–water partition coefficient (Wildman–Crippen LogP) is 5.17. The Bertz CT molecular complexity index is 450. The summed E-state index contributed by atoms with van der Waals surface area (Å²) in [6, 6.07) is 2.54. The van der Waals surface area contributed by atoms with Gasteiger partial charge >= 0.3 is 0 Å². The van der Waals surface area contributed by atoms with Crippen molar-refractivity contribution in [2.45, 2.75) is 59.9 Å². The first-order valence-corrected chi connectivity index (χ1v) is 7.86. The summed E-state index contributed by atoms with van der Waals surface area (Å²) < 4.78 is 1.09. The zero-order valence-corrected chi connectivity index (χ0v) is 14.3. The van der Waals surface area contributed by atoms with Crippen molar-refractivity contribution >= 4 is 21.7 Å². The molecule has 1 aromatic heterocycles. The van der Waals surface area contributed by atoms with Gasteiger partial charge in [-0.05, 0) is 64.6 Å². The summed E-state index contributed by atoms with van der Waals surface area (Å²) in [5.41, 5.74) is 2.03. The molecule has 1 aliphatic carbocycles. The number of nitrogens with one attached hydrogen (secondary N) is 1. The zero-order valence-electron chi connectivity index (χ0n) is 12.7. The van der Waals surface area contributed by atoms with E-state index in [1.165, 1.54) is 24.8 Å². The quantitative estimate of drug-likeness (QED) is 0.811. The van der Waals surface area contributed by atoms with Gasteiger partial charge in [0.05, 0.1) is 4.47 Å². The van der Waals surface area contributed by atoms with Crippen LogP contribution in [0.4, 0.5) is 5.82 Å². The van der Waals surface area contributed by atoms with Crippen molar-refractivity contribution in [3.63, 3.8) is 0 Å². The van der Waals surface area contributed by atoms with E-state index in [1.54, 1.807) is 0 Å². The lowest BCUT2D eigenvalue weighted by molar-refractivity contribution is 0.105. The second-order valence-corrected chi connectivity index (χ2v) is 8.34. The normalized spacial score (nSPS) is 22.2. The van der Waals surface area contributed by atoms with Crippen LogP contribution >= 0.6 is 15.9 Å². The minimum Gasteiger partial charge on any atom is -0.366 e. The van der Waals surface area contributed by atoms with E-state index < -0.39 is 0 Å². The first-order valence-electron chi connectivity index (χ1n) is 7.06. The van der Waals surface area contributed by atoms with Crippen LogP contribution < -0.4 is 5.32 Å². The highest BCUT2D eigenvalue weighted by Crippen LogP contribution is 2.46. The fraction of sp³-hybridized carbons (Fsp3) is 0.688. The SMILES string of the molecule is Cc1ccnc(NC2CC(C)(C)CC(C)(C)C2)c1Br. The summed E-state index contributed by atoms with van der Waals surface area (Å²) in [6.45, 7) is 11.6. The first kappa shape index (κ1) is 14.8. The van der Waals surface area contributed by atoms with E-state index in [9.17, 15) is 0 Å². The summed E-state index contributed by atoms with van der Waals surface area (Å²) in [5, 5.41) is 3.64. The lowest BCUT2D eigenvalue weighted by atomic mass is 9.63. The molecule has 19 heavy (non-hydrogen) atoms. The molecular formula is C16H25BrN2. The molecule has 2 rings (SSSR count). The Morgan fingerprint density at radius 1 is 1.21 bits per heavy atom. The minimum atomic E-state index is 0.399. The number of nitrogens with zero attached hydrogens (tertiary/aromatic N) is 1. The maximum atomic E-state index is 4.47. The molecule has 0 saturated heterocycles. The lowest BCUT2D eigenvalue weighted by Gasteiger charge is -2.45. The van der Waals surface area contributed by atoms with Gasteiger partial charge in [0.2, 0.25) is 0 Å². The van der Waals surface area contributed by atoms with Gasteiger partial charge in [0, 0.05) is 12.2 Å². The molecule has 0 aromatic carbocycles. The molecule has 106 valence electrons. The van der Waals surface area contributed by atoms with Crippen molar-refractivity contribution in [1.82, 2.24) is 4.98 Å². The third-order valence-electron chi connectivity index (χ3n) is 3.98. The third-order valence-corrected chi connectivity index (χ3v) is 4.98. The zero-order chi connectivity index (χ0) is 14.3. The maximum absolute atomic E-state index is 4.47. The molecule has 1 fully saturated rings. The second kappa shape index (κ2) is 5.08. The number of aromatic nitrogens is 1. The van der Waals surface area contributed by atoms with Gasteiger partial charge in [-0.15, -0.1) is 0 Å². The van der Waals surface area contributed by atoms with Crippen LogP contribution in [0.15, 0.2) is 16.7 Å². The fourth-order valence-corrected chi connectivity index (χ4v) is 4.13. The van der Waals surface area contributed by atoms with E-state index in [-0.39, 0.29) is 0 Å². The Kier molecular flexibility index (Phi) is 3.97. The Morgan fingerprint density at radius 3 is 2.37 bits per heavy atom. The van der Waals surface area contributed by atoms with Gasteiger partial charge in [0.15, 0.2) is 0 Å². The molecule has 2 nitrogen and oxygen atoms in total. The van der Waals surface area contributed by atoms with Crippen LogP contribution in [0.25, 0.3) is 0 Å². The topological polar surface area (TPSA) is 24.9 Å². The van der Waals surface area contributed by atoms with Gasteiger partial charge in [-0.3, -0.25) is 0 Å². The highest BCUT2D eigenvalue weighted by Gasteiger charge is 2.38. The van der Waals surface area contributed by atoms with E-state index in [0.29, 0.717) is 16.9 Å². The summed E-state index contributed by atoms with van der Waals surface area (Å²) in [5.74, 6) is 0.985. The monoisotopic (exact) mass is 324 g/mol. The van der Waals surface area contributed by atoms with Gasteiger partial charge < -0.3 is 5.32 Å². The molecule has 1 N–H and O–H groups in total. The Hall–Kier alpha value is -0.570. The molecule has 0 aliphatic heterocycles. The molecule has 0 radical (unpaired) electrons. The number of rotatable bonds is 2. The van der Waals surface area contributed by atoms with E-state index in [4.69, 9.17) is 0 Å². The molecule has 1 saturated carbocycles. The van der Waals surface area contributed by atoms with E-state index in [0.717, 1.165) is 10.3 Å². The predicted molar refractivity (Wildman–Crippen MR) is 85.5 cm³/mol. The van der Waals surface area contributed by atoms with Gasteiger partial charge in [-0.2, -0.15) is 0 Å². The van der Waals surface area contributed by atoms with Gasteiger partial charge in [-0.25, -0.2) is 4.98 Å². The maximum Gasteiger partial charge on any atom is 0.140 e. The molecule has 1 heterocycles. The van der Waals surface area contributed by atoms with Gasteiger partial charge in [-0.1, -0.05) is 27.7 Å². The Balaban J connectivity index is 2.16. The molecule has 0 unspecified atom stereocenters. The average Bonchev–Trinajstić information content (AvgIpc) is 2.20. The Labute approximate surface area is 125 Å². The molecule has 0 amide bonds. The number of hydrogen-bond donors (Lipinski definition) is 1. The highest BCUT2D eigenvalue weighted by atomic mass is 79.9. The van der Waals surface area contributed by atoms with E-state index in [2.05, 4.69) is 60.8 Å². The van der Waals surface area contributed by atoms with Crippen LogP contribution in [0, 0.1) is 17.8 Å². The third kappa shape index (κ3) is 3.71. The second-order valence-electron chi connectivity index (χ2n) is 7.55. The van der Waals surface area contributed by atoms with Crippen LogP contribution in [0.5, 0.6) is 0 Å². The molecule has 0 spiro atoms. The molecule has 1 aromatic rings. The first-order chi connectivity index (χ1) is 8.69. The standard InChI is InChI=1S/C16H25BrN2/c1-11-6-7-18-14(13(11)17)19-12-8-15(2,3)10-16(4,5)9-12/h6-7,12H,8-10H2,1-5H3,(H,18,19). The largest absolute Gasteiger partial charge is 0.366 e. The fourth-order valence-electron chi connectivity index (χ4n) is 3.78. The van der Waals surface area contributed by atoms with Crippen molar-refractivity contribution in [3.8, 4) is 0 Å². The lowest BCUT2D eigenvalue weighted by Crippen LogP contribution is -2.40. The summed E-state index contributed by atoms with van der Waals surface area (Å²) in [4.78, 5) is 4.47. The summed E-state index contributed by atoms with van der Waals surface area (Å²) in [7, 11) is 0. The number of hydrogen-bond acceptors (Lipinski definition) is 2. The van der Waals surface area contributed by atoms with Crippen LogP contribution in [0.2, 0.25) is 0 Å². The summed E-state index contributed by atoms with van der Waals surface area (Å²) in [6.07, 6.45) is 5.58. The number of aryl methyl sites for hydroxylation is 1. The smallest absolute Gasteiger partial charge is 0.140 e. The molecular weight excluding hydrogens is 300 g/mol. The molecule has 0 bridgehead atoms. The van der Waals surface area contributed by atoms with Crippen molar-refractivity contribution in [2.75, 3.05) is 5.32 Å². The minimum absolute atomic E-state index is 0.399. The highest BCUT2D eigenvalue weighted by molar-refractivity contribution is 9.10. The van der Waals surface area contributed by atoms with Gasteiger partial charge in [0.25, 0.3) is 0 Å². The number of pyridine rings is 1. The van der Waals surface area contributed by atoms with E-state index >= 15 is 0 Å². The van der Waals surface area contributed by atoms with Crippen LogP contribution in [0.1, 0.15) is 52.5 Å². The molecule has 3 heteroatoms. The van der Waals surface area contributed by atoms with E-state index in [1.807, 2.05) is 12.3 Å². The molecule has 0 atom stereocenters. The van der Waals surface area contributed by atoms with Crippen molar-refractivity contribution in [1.29, 1.82) is 0 Å². The van der Waals surface area contributed by atoms with Crippen molar-refractivity contribution in [3.05, 3.63) is 22.3 Å². The Morgan fingerprint density at radius 2 is 1.79 bits per heavy atom. The number of anilines is 1. The van der Waals surface area contributed by atoms with Crippen LogP contribution in [-0.4, -0.2) is 11.0 Å². The van der Waals surface area contributed by atoms with Crippen molar-refractivity contribution in [2.24, 2.45) is 10.8 Å². The van der Waals surface area contributed by atoms with Crippen LogP contribution in [0.3, 0.4) is 0 Å². The number of halogens is 1. The summed E-state index contributed by atoms with van der Waals surface area (Å²) >= 11 is 3.64. The van der Waals surface area contributed by atoms with Crippen molar-refractivity contribution < 1.29 is 0 Å². The van der Waals surface area contributed by atoms with Gasteiger partial charge in [0.1, 0.15) is 5.82 Å². The molecule has 1 aliphatic rings. The average molecular weight is 325 g/mol. The van der Waals surface area contributed by atoms with Crippen LogP contribution in [-0.2, 0) is 0 Å².